The van der Waals surface area contributed by atoms with E-state index < -0.39 is 5.97 Å². The Labute approximate surface area is 100 Å². The van der Waals surface area contributed by atoms with E-state index in [0.29, 0.717) is 5.57 Å². The molecule has 0 aromatic heterocycles. The van der Waals surface area contributed by atoms with E-state index in [9.17, 15) is 9.90 Å². The molecule has 0 atom stereocenters. The summed E-state index contributed by atoms with van der Waals surface area (Å²) in [4.78, 5) is 11.2. The van der Waals surface area contributed by atoms with Gasteiger partial charge in [0.25, 0.3) is 0 Å². The zero-order valence-electron chi connectivity index (χ0n) is 9.90. The van der Waals surface area contributed by atoms with E-state index in [4.69, 9.17) is 0 Å². The van der Waals surface area contributed by atoms with Crippen LogP contribution in [-0.2, 0) is 4.79 Å². The second-order valence-corrected chi connectivity index (χ2v) is 4.24. The first kappa shape index (κ1) is 11.4. The smallest absolute Gasteiger partial charge is 0.336 e. The Morgan fingerprint density at radius 3 is 2.24 bits per heavy atom. The van der Waals surface area contributed by atoms with Crippen molar-refractivity contribution >= 4 is 22.3 Å². The van der Waals surface area contributed by atoms with Crippen LogP contribution in [0.4, 0.5) is 0 Å². The molecular formula is C15H14O2. The first-order chi connectivity index (χ1) is 8.09. The third kappa shape index (κ3) is 2.21. The highest BCUT2D eigenvalue weighted by atomic mass is 16.4. The van der Waals surface area contributed by atoms with Crippen molar-refractivity contribution in [1.82, 2.24) is 0 Å². The minimum atomic E-state index is -0.875. The number of allylic oxidation sites excluding steroid dienone is 1. The largest absolute Gasteiger partial charge is 0.478 e. The molecule has 0 fully saturated rings. The van der Waals surface area contributed by atoms with Gasteiger partial charge in [-0.25, -0.2) is 4.79 Å². The van der Waals surface area contributed by atoms with Crippen molar-refractivity contribution < 1.29 is 9.90 Å². The van der Waals surface area contributed by atoms with Crippen LogP contribution in [0.15, 0.2) is 48.0 Å². The Morgan fingerprint density at radius 1 is 1.00 bits per heavy atom. The molecule has 1 N–H and O–H groups in total. The number of aliphatic carboxylic acids is 1. The number of fused-ring (bicyclic) bond motifs is 1. The Balaban J connectivity index is 2.64. The number of carbonyl (C=O) groups is 1. The lowest BCUT2D eigenvalue weighted by atomic mass is 9.98. The van der Waals surface area contributed by atoms with E-state index in [1.807, 2.05) is 56.3 Å². The Morgan fingerprint density at radius 2 is 1.65 bits per heavy atom. The third-order valence-electron chi connectivity index (χ3n) is 2.75. The van der Waals surface area contributed by atoms with E-state index in [1.165, 1.54) is 0 Å². The van der Waals surface area contributed by atoms with Crippen LogP contribution in [0, 0.1) is 0 Å². The van der Waals surface area contributed by atoms with Crippen LogP contribution >= 0.6 is 0 Å². The summed E-state index contributed by atoms with van der Waals surface area (Å²) in [5.41, 5.74) is 1.96. The minimum absolute atomic E-state index is 0.385. The maximum atomic E-state index is 11.2. The fourth-order valence-corrected chi connectivity index (χ4v) is 1.97. The number of hydrogen-bond donors (Lipinski definition) is 1. The van der Waals surface area contributed by atoms with Crippen LogP contribution in [0.5, 0.6) is 0 Å². The summed E-state index contributed by atoms with van der Waals surface area (Å²) < 4.78 is 0. The molecule has 0 aliphatic heterocycles. The molecule has 2 rings (SSSR count). The number of benzene rings is 2. The Kier molecular flexibility index (Phi) is 2.96. The van der Waals surface area contributed by atoms with Crippen LogP contribution < -0.4 is 0 Å². The predicted octanol–water partition coefficient (Wildman–Crippen LogP) is 3.72. The van der Waals surface area contributed by atoms with Gasteiger partial charge in [0, 0.05) is 0 Å². The Hall–Kier alpha value is -2.09. The summed E-state index contributed by atoms with van der Waals surface area (Å²) in [6.07, 6.45) is 0. The number of hydrogen-bond acceptors (Lipinski definition) is 1. The van der Waals surface area contributed by atoms with E-state index in [-0.39, 0.29) is 0 Å². The SMILES string of the molecule is CC(C)=C(C(=O)O)c1ccc2ccccc2c1. The van der Waals surface area contributed by atoms with Crippen LogP contribution in [0.3, 0.4) is 0 Å². The maximum absolute atomic E-state index is 11.2. The fourth-order valence-electron chi connectivity index (χ4n) is 1.97. The van der Waals surface area contributed by atoms with Crippen molar-refractivity contribution in [3.05, 3.63) is 53.6 Å². The van der Waals surface area contributed by atoms with Gasteiger partial charge in [-0.1, -0.05) is 42.0 Å². The zero-order valence-corrected chi connectivity index (χ0v) is 9.90. The summed E-state index contributed by atoms with van der Waals surface area (Å²) in [7, 11) is 0. The van der Waals surface area contributed by atoms with Crippen molar-refractivity contribution in [2.75, 3.05) is 0 Å². The molecular weight excluding hydrogens is 212 g/mol. The lowest BCUT2D eigenvalue weighted by Gasteiger charge is -2.06. The second kappa shape index (κ2) is 4.42. The van der Waals surface area contributed by atoms with Gasteiger partial charge in [-0.2, -0.15) is 0 Å². The molecule has 0 saturated heterocycles. The van der Waals surface area contributed by atoms with E-state index >= 15 is 0 Å². The molecule has 0 bridgehead atoms. The summed E-state index contributed by atoms with van der Waals surface area (Å²) >= 11 is 0. The highest BCUT2D eigenvalue weighted by molar-refractivity contribution is 6.16. The molecule has 2 aromatic carbocycles. The molecule has 2 aromatic rings. The van der Waals surface area contributed by atoms with Crippen LogP contribution in [-0.4, -0.2) is 11.1 Å². The van der Waals surface area contributed by atoms with Gasteiger partial charge in [-0.05, 0) is 36.2 Å². The number of rotatable bonds is 2. The predicted molar refractivity (Wildman–Crippen MR) is 69.9 cm³/mol. The molecule has 0 saturated carbocycles. The van der Waals surface area contributed by atoms with Gasteiger partial charge < -0.3 is 5.11 Å². The van der Waals surface area contributed by atoms with Crippen molar-refractivity contribution in [3.8, 4) is 0 Å². The molecule has 0 aliphatic carbocycles. The topological polar surface area (TPSA) is 37.3 Å². The van der Waals surface area contributed by atoms with Crippen LogP contribution in [0.25, 0.3) is 16.3 Å². The third-order valence-corrected chi connectivity index (χ3v) is 2.75. The highest BCUT2D eigenvalue weighted by Gasteiger charge is 2.12. The fraction of sp³-hybridized carbons (Fsp3) is 0.133. The van der Waals surface area contributed by atoms with Gasteiger partial charge in [0.2, 0.25) is 0 Å². The van der Waals surface area contributed by atoms with Crippen LogP contribution in [0.2, 0.25) is 0 Å². The average Bonchev–Trinajstić information content (AvgIpc) is 2.28. The molecule has 0 heterocycles. The molecule has 0 unspecified atom stereocenters. The molecule has 86 valence electrons. The lowest BCUT2D eigenvalue weighted by Crippen LogP contribution is -2.01. The standard InChI is InChI=1S/C15H14O2/c1-10(2)14(15(16)17)13-8-7-11-5-3-4-6-12(11)9-13/h3-9H,1-2H3,(H,16,17). The normalized spacial score (nSPS) is 10.2. The quantitative estimate of drug-likeness (QED) is 0.792. The summed E-state index contributed by atoms with van der Waals surface area (Å²) in [5, 5.41) is 11.4. The van der Waals surface area contributed by atoms with Gasteiger partial charge in [-0.3, -0.25) is 0 Å². The minimum Gasteiger partial charge on any atom is -0.478 e. The summed E-state index contributed by atoms with van der Waals surface area (Å²) in [6, 6.07) is 13.7. The molecule has 0 spiro atoms. The summed E-state index contributed by atoms with van der Waals surface area (Å²) in [5.74, 6) is -0.875. The van der Waals surface area contributed by atoms with Gasteiger partial charge in [0.15, 0.2) is 0 Å². The molecule has 2 heteroatoms. The Bertz CT molecular complexity index is 605. The van der Waals surface area contributed by atoms with E-state index in [0.717, 1.165) is 21.9 Å². The van der Waals surface area contributed by atoms with Gasteiger partial charge in [0.1, 0.15) is 0 Å². The average molecular weight is 226 g/mol. The molecule has 0 amide bonds. The lowest BCUT2D eigenvalue weighted by molar-refractivity contribution is -0.130. The number of carboxylic acid groups (broad SMARTS) is 1. The first-order valence-corrected chi connectivity index (χ1v) is 5.49. The van der Waals surface area contributed by atoms with Crippen molar-refractivity contribution in [2.24, 2.45) is 0 Å². The first-order valence-electron chi connectivity index (χ1n) is 5.49. The zero-order chi connectivity index (χ0) is 12.4. The number of carboxylic acids is 1. The molecule has 2 nitrogen and oxygen atoms in total. The van der Waals surface area contributed by atoms with Crippen molar-refractivity contribution in [2.45, 2.75) is 13.8 Å². The molecule has 0 aliphatic rings. The van der Waals surface area contributed by atoms with Crippen LogP contribution in [0.1, 0.15) is 19.4 Å². The van der Waals surface area contributed by atoms with E-state index in [2.05, 4.69) is 0 Å². The maximum Gasteiger partial charge on any atom is 0.336 e. The highest BCUT2D eigenvalue weighted by Crippen LogP contribution is 2.23. The van der Waals surface area contributed by atoms with Crippen molar-refractivity contribution in [3.63, 3.8) is 0 Å². The summed E-state index contributed by atoms with van der Waals surface area (Å²) in [6.45, 7) is 3.64. The van der Waals surface area contributed by atoms with Gasteiger partial charge >= 0.3 is 5.97 Å². The monoisotopic (exact) mass is 226 g/mol. The molecule has 17 heavy (non-hydrogen) atoms. The molecule has 0 radical (unpaired) electrons. The van der Waals surface area contributed by atoms with Gasteiger partial charge in [0.05, 0.1) is 5.57 Å². The second-order valence-electron chi connectivity index (χ2n) is 4.24. The van der Waals surface area contributed by atoms with Crippen molar-refractivity contribution in [1.29, 1.82) is 0 Å². The van der Waals surface area contributed by atoms with E-state index in [1.54, 1.807) is 0 Å². The van der Waals surface area contributed by atoms with Gasteiger partial charge in [-0.15, -0.1) is 0 Å².